The maximum atomic E-state index is 13.3. The number of rotatable bonds is 1. The lowest BCUT2D eigenvalue weighted by molar-refractivity contribution is 0.176. The van der Waals surface area contributed by atoms with E-state index in [9.17, 15) is 9.50 Å². The molecule has 0 fully saturated rings. The highest BCUT2D eigenvalue weighted by molar-refractivity contribution is 6.30. The van der Waals surface area contributed by atoms with Crippen LogP contribution in [0.15, 0.2) is 42.5 Å². The fourth-order valence-electron chi connectivity index (χ4n) is 2.67. The molecule has 0 saturated carbocycles. The van der Waals surface area contributed by atoms with Gasteiger partial charge in [-0.25, -0.2) is 4.39 Å². The third kappa shape index (κ3) is 1.92. The monoisotopic (exact) mass is 262 g/mol. The molecule has 1 nitrogen and oxygen atoms in total. The standard InChI is InChI=1S/C15H12ClFO/c16-10-4-5-12-14(7-10)13(8-15(12)18)9-2-1-3-11(17)6-9/h1-7,13,15,18H,8H2/t13-,15+/m1/s1. The predicted octanol–water partition coefficient (Wildman–Crippen LogP) is 4.05. The Kier molecular flexibility index (Phi) is 2.84. The second-order valence-corrected chi connectivity index (χ2v) is 5.07. The highest BCUT2D eigenvalue weighted by atomic mass is 35.5. The average Bonchev–Trinajstić information content (AvgIpc) is 2.66. The zero-order chi connectivity index (χ0) is 12.7. The van der Waals surface area contributed by atoms with Crippen molar-refractivity contribution in [3.63, 3.8) is 0 Å². The number of halogens is 2. The molecule has 18 heavy (non-hydrogen) atoms. The Bertz CT molecular complexity index is 597. The van der Waals surface area contributed by atoms with Gasteiger partial charge in [0, 0.05) is 10.9 Å². The Morgan fingerprint density at radius 3 is 2.72 bits per heavy atom. The van der Waals surface area contributed by atoms with Gasteiger partial charge in [-0.15, -0.1) is 0 Å². The summed E-state index contributed by atoms with van der Waals surface area (Å²) in [5.74, 6) is -0.234. The lowest BCUT2D eigenvalue weighted by Gasteiger charge is -2.12. The highest BCUT2D eigenvalue weighted by Gasteiger charge is 2.30. The summed E-state index contributed by atoms with van der Waals surface area (Å²) >= 11 is 6.00. The first-order valence-electron chi connectivity index (χ1n) is 5.88. The molecular formula is C15H12ClFO. The Hall–Kier alpha value is -1.38. The van der Waals surface area contributed by atoms with Crippen LogP contribution < -0.4 is 0 Å². The third-order valence-corrected chi connectivity index (χ3v) is 3.73. The number of aliphatic hydroxyl groups is 1. The molecule has 1 N–H and O–H groups in total. The molecule has 0 radical (unpaired) electrons. The second kappa shape index (κ2) is 4.38. The number of hydrogen-bond acceptors (Lipinski definition) is 1. The summed E-state index contributed by atoms with van der Waals surface area (Å²) in [5, 5.41) is 10.7. The van der Waals surface area contributed by atoms with Gasteiger partial charge in [0.15, 0.2) is 0 Å². The SMILES string of the molecule is O[C@H]1C[C@H](c2cccc(F)c2)c2cc(Cl)ccc21. The molecule has 1 aliphatic rings. The quantitative estimate of drug-likeness (QED) is 0.822. The lowest BCUT2D eigenvalue weighted by atomic mass is 9.93. The second-order valence-electron chi connectivity index (χ2n) is 4.63. The van der Waals surface area contributed by atoms with Crippen LogP contribution in [0.1, 0.15) is 35.1 Å². The predicted molar refractivity (Wildman–Crippen MR) is 69.3 cm³/mol. The van der Waals surface area contributed by atoms with Gasteiger partial charge < -0.3 is 5.11 Å². The molecule has 2 atom stereocenters. The van der Waals surface area contributed by atoms with Crippen molar-refractivity contribution in [3.8, 4) is 0 Å². The molecule has 2 aromatic carbocycles. The zero-order valence-corrected chi connectivity index (χ0v) is 10.4. The minimum absolute atomic E-state index is 0.0180. The summed E-state index contributed by atoms with van der Waals surface area (Å²) in [4.78, 5) is 0. The molecule has 0 aliphatic heterocycles. The van der Waals surface area contributed by atoms with E-state index in [2.05, 4.69) is 0 Å². The van der Waals surface area contributed by atoms with E-state index >= 15 is 0 Å². The third-order valence-electron chi connectivity index (χ3n) is 3.49. The smallest absolute Gasteiger partial charge is 0.123 e. The van der Waals surface area contributed by atoms with Gasteiger partial charge in [-0.05, 0) is 47.4 Å². The molecule has 0 bridgehead atoms. The van der Waals surface area contributed by atoms with Gasteiger partial charge in [0.1, 0.15) is 5.82 Å². The molecule has 0 saturated heterocycles. The van der Waals surface area contributed by atoms with Crippen molar-refractivity contribution >= 4 is 11.6 Å². The van der Waals surface area contributed by atoms with Gasteiger partial charge in [0.25, 0.3) is 0 Å². The Morgan fingerprint density at radius 1 is 1.11 bits per heavy atom. The van der Waals surface area contributed by atoms with Crippen LogP contribution >= 0.6 is 11.6 Å². The molecule has 92 valence electrons. The molecule has 0 unspecified atom stereocenters. The number of aliphatic hydroxyl groups excluding tert-OH is 1. The van der Waals surface area contributed by atoms with Gasteiger partial charge in [0.05, 0.1) is 6.10 Å². The minimum atomic E-state index is -0.495. The van der Waals surface area contributed by atoms with Crippen molar-refractivity contribution in [2.24, 2.45) is 0 Å². The maximum Gasteiger partial charge on any atom is 0.123 e. The molecule has 0 heterocycles. The van der Waals surface area contributed by atoms with Crippen molar-refractivity contribution in [3.05, 3.63) is 70.0 Å². The summed E-state index contributed by atoms with van der Waals surface area (Å²) < 4.78 is 13.3. The molecule has 0 spiro atoms. The van der Waals surface area contributed by atoms with Gasteiger partial charge in [-0.2, -0.15) is 0 Å². The van der Waals surface area contributed by atoms with Crippen LogP contribution in [0.2, 0.25) is 5.02 Å². The van der Waals surface area contributed by atoms with Crippen LogP contribution in [-0.2, 0) is 0 Å². The number of fused-ring (bicyclic) bond motifs is 1. The molecule has 2 aromatic rings. The minimum Gasteiger partial charge on any atom is -0.388 e. The van der Waals surface area contributed by atoms with Crippen molar-refractivity contribution < 1.29 is 9.50 Å². The van der Waals surface area contributed by atoms with E-state index in [4.69, 9.17) is 11.6 Å². The van der Waals surface area contributed by atoms with Crippen LogP contribution in [-0.4, -0.2) is 5.11 Å². The van der Waals surface area contributed by atoms with Gasteiger partial charge >= 0.3 is 0 Å². The van der Waals surface area contributed by atoms with E-state index in [-0.39, 0.29) is 11.7 Å². The highest BCUT2D eigenvalue weighted by Crippen LogP contribution is 2.44. The van der Waals surface area contributed by atoms with Crippen LogP contribution in [0.5, 0.6) is 0 Å². The summed E-state index contributed by atoms with van der Waals surface area (Å²) in [7, 11) is 0. The van der Waals surface area contributed by atoms with E-state index in [0.717, 1.165) is 16.7 Å². The fourth-order valence-corrected chi connectivity index (χ4v) is 2.85. The Labute approximate surface area is 110 Å². The van der Waals surface area contributed by atoms with E-state index in [1.54, 1.807) is 12.1 Å². The van der Waals surface area contributed by atoms with Gasteiger partial charge in [0.2, 0.25) is 0 Å². The van der Waals surface area contributed by atoms with Crippen molar-refractivity contribution in [1.82, 2.24) is 0 Å². The Morgan fingerprint density at radius 2 is 1.94 bits per heavy atom. The molecule has 0 amide bonds. The first-order valence-corrected chi connectivity index (χ1v) is 6.26. The van der Waals surface area contributed by atoms with Crippen LogP contribution in [0.4, 0.5) is 4.39 Å². The summed E-state index contributed by atoms with van der Waals surface area (Å²) in [5.41, 5.74) is 2.78. The van der Waals surface area contributed by atoms with Gasteiger partial charge in [-0.1, -0.05) is 29.8 Å². The topological polar surface area (TPSA) is 20.2 Å². The summed E-state index contributed by atoms with van der Waals surface area (Å²) in [6, 6.07) is 12.0. The normalized spacial score (nSPS) is 21.9. The maximum absolute atomic E-state index is 13.3. The van der Waals surface area contributed by atoms with Crippen molar-refractivity contribution in [2.45, 2.75) is 18.4 Å². The zero-order valence-electron chi connectivity index (χ0n) is 9.61. The number of hydrogen-bond donors (Lipinski definition) is 1. The fraction of sp³-hybridized carbons (Fsp3) is 0.200. The molecule has 3 heteroatoms. The van der Waals surface area contributed by atoms with Gasteiger partial charge in [-0.3, -0.25) is 0 Å². The summed E-state index contributed by atoms with van der Waals surface area (Å²) in [6.45, 7) is 0. The average molecular weight is 263 g/mol. The molecular weight excluding hydrogens is 251 g/mol. The van der Waals surface area contributed by atoms with E-state index in [1.165, 1.54) is 12.1 Å². The number of benzene rings is 2. The van der Waals surface area contributed by atoms with Crippen molar-refractivity contribution in [2.75, 3.05) is 0 Å². The lowest BCUT2D eigenvalue weighted by Crippen LogP contribution is -1.97. The molecule has 3 rings (SSSR count). The van der Waals surface area contributed by atoms with Crippen LogP contribution in [0.25, 0.3) is 0 Å². The Balaban J connectivity index is 2.09. The van der Waals surface area contributed by atoms with Crippen LogP contribution in [0, 0.1) is 5.82 Å². The largest absolute Gasteiger partial charge is 0.388 e. The van der Waals surface area contributed by atoms with Crippen molar-refractivity contribution in [1.29, 1.82) is 0 Å². The molecule has 1 aliphatic carbocycles. The molecule has 0 aromatic heterocycles. The summed E-state index contributed by atoms with van der Waals surface area (Å²) in [6.07, 6.45) is 0.0876. The van der Waals surface area contributed by atoms with E-state index in [1.807, 2.05) is 18.2 Å². The first kappa shape index (κ1) is 11.7. The first-order chi connectivity index (χ1) is 8.65. The van der Waals surface area contributed by atoms with E-state index in [0.29, 0.717) is 11.4 Å². The van der Waals surface area contributed by atoms with E-state index < -0.39 is 6.10 Å². The van der Waals surface area contributed by atoms with Crippen LogP contribution in [0.3, 0.4) is 0 Å².